The molecule has 0 aromatic carbocycles. The van der Waals surface area contributed by atoms with Crippen LogP contribution in [0.3, 0.4) is 0 Å². The summed E-state index contributed by atoms with van der Waals surface area (Å²) in [4.78, 5) is 22.2. The van der Waals surface area contributed by atoms with Gasteiger partial charge in [0.25, 0.3) is 0 Å². The van der Waals surface area contributed by atoms with E-state index in [1.54, 1.807) is 0 Å². The van der Waals surface area contributed by atoms with Gasteiger partial charge >= 0.3 is 5.97 Å². The van der Waals surface area contributed by atoms with E-state index in [0.717, 1.165) is 12.8 Å². The maximum Gasteiger partial charge on any atom is 0.303 e. The number of hydrogen-bond donors (Lipinski definition) is 3. The zero-order chi connectivity index (χ0) is 15.5. The van der Waals surface area contributed by atoms with Crippen LogP contribution in [0.15, 0.2) is 0 Å². The minimum Gasteiger partial charge on any atom is -0.481 e. The van der Waals surface area contributed by atoms with Gasteiger partial charge in [0.1, 0.15) is 0 Å². The predicted octanol–water partition coefficient (Wildman–Crippen LogP) is 2.00. The van der Waals surface area contributed by atoms with Crippen molar-refractivity contribution in [2.75, 3.05) is 13.1 Å². The van der Waals surface area contributed by atoms with Gasteiger partial charge in [0.05, 0.1) is 0 Å². The highest BCUT2D eigenvalue weighted by Gasteiger charge is 2.14. The van der Waals surface area contributed by atoms with Gasteiger partial charge in [-0.3, -0.25) is 9.59 Å². The van der Waals surface area contributed by atoms with E-state index in [9.17, 15) is 9.59 Å². The molecule has 0 aromatic rings. The largest absolute Gasteiger partial charge is 0.481 e. The number of amides is 1. The second-order valence-electron chi connectivity index (χ2n) is 6.11. The minimum absolute atomic E-state index is 0.0477. The molecule has 2 unspecified atom stereocenters. The van der Waals surface area contributed by atoms with E-state index in [0.29, 0.717) is 37.8 Å². The average molecular weight is 286 g/mol. The van der Waals surface area contributed by atoms with Gasteiger partial charge in [0.15, 0.2) is 0 Å². The number of carboxylic acids is 1. The Hall–Kier alpha value is -1.10. The van der Waals surface area contributed by atoms with Crippen molar-refractivity contribution in [1.29, 1.82) is 0 Å². The maximum absolute atomic E-state index is 11.8. The topological polar surface area (TPSA) is 92.4 Å². The smallest absolute Gasteiger partial charge is 0.303 e. The molecule has 0 fully saturated rings. The summed E-state index contributed by atoms with van der Waals surface area (Å²) < 4.78 is 0. The third-order valence-corrected chi connectivity index (χ3v) is 3.42. The first-order chi connectivity index (χ1) is 9.35. The fraction of sp³-hybridized carbons (Fsp3) is 0.867. The van der Waals surface area contributed by atoms with Crippen molar-refractivity contribution in [1.82, 2.24) is 5.32 Å². The molecule has 20 heavy (non-hydrogen) atoms. The fourth-order valence-electron chi connectivity index (χ4n) is 2.24. The van der Waals surface area contributed by atoms with Crippen molar-refractivity contribution in [3.05, 3.63) is 0 Å². The summed E-state index contributed by atoms with van der Waals surface area (Å²) in [5, 5.41) is 11.5. The number of rotatable bonds is 11. The lowest BCUT2D eigenvalue weighted by atomic mass is 9.94. The molecule has 5 nitrogen and oxygen atoms in total. The van der Waals surface area contributed by atoms with Gasteiger partial charge in [-0.05, 0) is 43.6 Å². The van der Waals surface area contributed by atoms with E-state index in [1.165, 1.54) is 0 Å². The van der Waals surface area contributed by atoms with E-state index in [4.69, 9.17) is 10.8 Å². The predicted molar refractivity (Wildman–Crippen MR) is 80.3 cm³/mol. The molecule has 2 atom stereocenters. The van der Waals surface area contributed by atoms with Gasteiger partial charge in [-0.25, -0.2) is 0 Å². The Kier molecular flexibility index (Phi) is 10.1. The SMILES string of the molecule is CC(C)CC(CN)CC(=O)NCCC(C)CCC(=O)O. The van der Waals surface area contributed by atoms with Crippen LogP contribution in [0, 0.1) is 17.8 Å². The molecule has 5 heteroatoms. The van der Waals surface area contributed by atoms with Crippen LogP contribution in [0.2, 0.25) is 0 Å². The van der Waals surface area contributed by atoms with Crippen LogP contribution in [-0.4, -0.2) is 30.1 Å². The van der Waals surface area contributed by atoms with E-state index in [2.05, 4.69) is 19.2 Å². The van der Waals surface area contributed by atoms with Crippen molar-refractivity contribution in [3.63, 3.8) is 0 Å². The lowest BCUT2D eigenvalue weighted by Gasteiger charge is -2.17. The highest BCUT2D eigenvalue weighted by molar-refractivity contribution is 5.76. The second-order valence-corrected chi connectivity index (χ2v) is 6.11. The number of nitrogens with one attached hydrogen (secondary N) is 1. The number of nitrogens with two attached hydrogens (primary N) is 1. The van der Waals surface area contributed by atoms with Crippen molar-refractivity contribution in [2.24, 2.45) is 23.5 Å². The summed E-state index contributed by atoms with van der Waals surface area (Å²) >= 11 is 0. The summed E-state index contributed by atoms with van der Waals surface area (Å²) in [7, 11) is 0. The number of carbonyl (C=O) groups excluding carboxylic acids is 1. The van der Waals surface area contributed by atoms with Crippen molar-refractivity contribution < 1.29 is 14.7 Å². The summed E-state index contributed by atoms with van der Waals surface area (Å²) in [5.74, 6) is 0.395. The van der Waals surface area contributed by atoms with Gasteiger partial charge in [-0.15, -0.1) is 0 Å². The van der Waals surface area contributed by atoms with Gasteiger partial charge in [0, 0.05) is 19.4 Å². The van der Waals surface area contributed by atoms with Gasteiger partial charge < -0.3 is 16.2 Å². The molecule has 118 valence electrons. The number of carboxylic acid groups (broad SMARTS) is 1. The molecule has 0 aromatic heterocycles. The molecule has 0 radical (unpaired) electrons. The van der Waals surface area contributed by atoms with E-state index >= 15 is 0 Å². The first-order valence-electron chi connectivity index (χ1n) is 7.53. The molecule has 0 aliphatic heterocycles. The number of aliphatic carboxylic acids is 1. The molecule has 0 aliphatic carbocycles. The average Bonchev–Trinajstić information content (AvgIpc) is 2.34. The van der Waals surface area contributed by atoms with E-state index in [-0.39, 0.29) is 18.2 Å². The summed E-state index contributed by atoms with van der Waals surface area (Å²) in [6.07, 6.45) is 3.12. The Morgan fingerprint density at radius 1 is 1.20 bits per heavy atom. The Bertz CT molecular complexity index is 293. The van der Waals surface area contributed by atoms with Crippen LogP contribution < -0.4 is 11.1 Å². The first-order valence-corrected chi connectivity index (χ1v) is 7.53. The van der Waals surface area contributed by atoms with Crippen molar-refractivity contribution >= 4 is 11.9 Å². The molecule has 0 rings (SSSR count). The summed E-state index contributed by atoms with van der Waals surface area (Å²) in [6, 6.07) is 0. The van der Waals surface area contributed by atoms with Crippen LogP contribution in [0.1, 0.15) is 52.9 Å². The Labute approximate surface area is 122 Å². The minimum atomic E-state index is -0.764. The lowest BCUT2D eigenvalue weighted by Crippen LogP contribution is -2.30. The van der Waals surface area contributed by atoms with Crippen molar-refractivity contribution in [3.8, 4) is 0 Å². The van der Waals surface area contributed by atoms with Crippen LogP contribution in [-0.2, 0) is 9.59 Å². The summed E-state index contributed by atoms with van der Waals surface area (Å²) in [6.45, 7) is 7.42. The molecule has 0 aliphatic rings. The number of hydrogen-bond acceptors (Lipinski definition) is 3. The van der Waals surface area contributed by atoms with E-state index < -0.39 is 5.97 Å². The Morgan fingerprint density at radius 2 is 1.85 bits per heavy atom. The molecule has 0 saturated heterocycles. The Morgan fingerprint density at radius 3 is 2.35 bits per heavy atom. The zero-order valence-electron chi connectivity index (χ0n) is 13.0. The molecule has 4 N–H and O–H groups in total. The standard InChI is InChI=1S/C15H30N2O3/c1-11(2)8-13(10-16)9-14(18)17-7-6-12(3)4-5-15(19)20/h11-13H,4-10,16H2,1-3H3,(H,17,18)(H,19,20). The van der Waals surface area contributed by atoms with Gasteiger partial charge in [-0.1, -0.05) is 20.8 Å². The normalized spacial score (nSPS) is 14.1. The van der Waals surface area contributed by atoms with Gasteiger partial charge in [0.2, 0.25) is 5.91 Å². The van der Waals surface area contributed by atoms with Crippen LogP contribution >= 0.6 is 0 Å². The Balaban J connectivity index is 3.78. The molecule has 0 saturated carbocycles. The monoisotopic (exact) mass is 286 g/mol. The molecule has 0 spiro atoms. The fourth-order valence-corrected chi connectivity index (χ4v) is 2.24. The molecule has 1 amide bonds. The third-order valence-electron chi connectivity index (χ3n) is 3.42. The highest BCUT2D eigenvalue weighted by Crippen LogP contribution is 2.14. The van der Waals surface area contributed by atoms with Crippen LogP contribution in [0.25, 0.3) is 0 Å². The first kappa shape index (κ1) is 18.9. The van der Waals surface area contributed by atoms with Crippen LogP contribution in [0.5, 0.6) is 0 Å². The molecule has 0 heterocycles. The summed E-state index contributed by atoms with van der Waals surface area (Å²) in [5.41, 5.74) is 5.68. The molecule has 0 bridgehead atoms. The van der Waals surface area contributed by atoms with Gasteiger partial charge in [-0.2, -0.15) is 0 Å². The van der Waals surface area contributed by atoms with Crippen LogP contribution in [0.4, 0.5) is 0 Å². The molecular formula is C15H30N2O3. The number of carbonyl (C=O) groups is 2. The zero-order valence-corrected chi connectivity index (χ0v) is 13.0. The quantitative estimate of drug-likeness (QED) is 0.541. The highest BCUT2D eigenvalue weighted by atomic mass is 16.4. The van der Waals surface area contributed by atoms with Crippen molar-refractivity contribution in [2.45, 2.75) is 52.9 Å². The maximum atomic E-state index is 11.8. The molecular weight excluding hydrogens is 256 g/mol. The van der Waals surface area contributed by atoms with E-state index in [1.807, 2.05) is 6.92 Å². The second kappa shape index (κ2) is 10.7. The lowest BCUT2D eigenvalue weighted by molar-refractivity contribution is -0.137. The third kappa shape index (κ3) is 10.8.